The number of carbonyl (C=O) groups excluding carboxylic acids is 1. The van der Waals surface area contributed by atoms with Gasteiger partial charge >= 0.3 is 6.03 Å². The first-order valence-electron chi connectivity index (χ1n) is 9.24. The van der Waals surface area contributed by atoms with Gasteiger partial charge in [0.05, 0.1) is 17.5 Å². The molecule has 2 fully saturated rings. The maximum Gasteiger partial charge on any atom is 0.319 e. The van der Waals surface area contributed by atoms with Crippen LogP contribution in [0.25, 0.3) is 10.8 Å². The SMILES string of the molecule is CN(C)C(=O)N1CCN(Cc2ccc3ccccc3c2)[C@H]2CS(=O)(=O)C[C@H]21. The van der Waals surface area contributed by atoms with E-state index < -0.39 is 9.84 Å². The summed E-state index contributed by atoms with van der Waals surface area (Å²) in [6, 6.07) is 14.1. The molecule has 144 valence electrons. The van der Waals surface area contributed by atoms with Crippen molar-refractivity contribution in [3.8, 4) is 0 Å². The second-order valence-corrected chi connectivity index (χ2v) is 9.89. The number of fused-ring (bicyclic) bond motifs is 2. The summed E-state index contributed by atoms with van der Waals surface area (Å²) >= 11 is 0. The average molecular weight is 388 g/mol. The highest BCUT2D eigenvalue weighted by Crippen LogP contribution is 2.29. The van der Waals surface area contributed by atoms with Crippen molar-refractivity contribution in [2.24, 2.45) is 0 Å². The van der Waals surface area contributed by atoms with Gasteiger partial charge in [-0.3, -0.25) is 4.90 Å². The van der Waals surface area contributed by atoms with Crippen LogP contribution in [0.1, 0.15) is 5.56 Å². The minimum atomic E-state index is -3.13. The third-order valence-corrected chi connectivity index (χ3v) is 7.32. The summed E-state index contributed by atoms with van der Waals surface area (Å²) in [6.07, 6.45) is 0. The van der Waals surface area contributed by atoms with Gasteiger partial charge in [-0.2, -0.15) is 0 Å². The first-order chi connectivity index (χ1) is 12.8. The number of sulfone groups is 1. The van der Waals surface area contributed by atoms with E-state index in [0.717, 1.165) is 0 Å². The fourth-order valence-corrected chi connectivity index (χ4v) is 6.30. The second-order valence-electron chi connectivity index (χ2n) is 7.73. The Morgan fingerprint density at radius 1 is 1.04 bits per heavy atom. The molecule has 0 radical (unpaired) electrons. The van der Waals surface area contributed by atoms with Crippen molar-refractivity contribution in [3.05, 3.63) is 48.0 Å². The van der Waals surface area contributed by atoms with Crippen LogP contribution >= 0.6 is 0 Å². The van der Waals surface area contributed by atoms with E-state index in [1.54, 1.807) is 19.0 Å². The molecule has 0 spiro atoms. The summed E-state index contributed by atoms with van der Waals surface area (Å²) in [6.45, 7) is 1.94. The highest BCUT2D eigenvalue weighted by molar-refractivity contribution is 7.91. The van der Waals surface area contributed by atoms with Crippen LogP contribution in [0.15, 0.2) is 42.5 Å². The van der Waals surface area contributed by atoms with E-state index in [4.69, 9.17) is 0 Å². The van der Waals surface area contributed by atoms with Gasteiger partial charge in [0.1, 0.15) is 0 Å². The highest BCUT2D eigenvalue weighted by atomic mass is 32.2. The van der Waals surface area contributed by atoms with Crippen molar-refractivity contribution < 1.29 is 13.2 Å². The monoisotopic (exact) mass is 387 g/mol. The summed E-state index contributed by atoms with van der Waals surface area (Å²) in [5, 5.41) is 2.39. The lowest BCUT2D eigenvalue weighted by Crippen LogP contribution is -2.61. The van der Waals surface area contributed by atoms with Crippen LogP contribution in [-0.2, 0) is 16.4 Å². The topological polar surface area (TPSA) is 60.9 Å². The molecular weight excluding hydrogens is 362 g/mol. The average Bonchev–Trinajstić information content (AvgIpc) is 2.96. The molecule has 2 heterocycles. The van der Waals surface area contributed by atoms with Gasteiger partial charge in [-0.1, -0.05) is 36.4 Å². The van der Waals surface area contributed by atoms with Gasteiger partial charge in [0, 0.05) is 39.8 Å². The van der Waals surface area contributed by atoms with E-state index in [0.29, 0.717) is 19.6 Å². The Hall–Kier alpha value is -2.12. The highest BCUT2D eigenvalue weighted by Gasteiger charge is 2.48. The van der Waals surface area contributed by atoms with E-state index in [1.807, 2.05) is 12.1 Å². The Bertz CT molecular complexity index is 973. The van der Waals surface area contributed by atoms with Gasteiger partial charge in [-0.05, 0) is 22.4 Å². The zero-order chi connectivity index (χ0) is 19.2. The lowest BCUT2D eigenvalue weighted by atomic mass is 10.0. The summed E-state index contributed by atoms with van der Waals surface area (Å²) in [5.41, 5.74) is 1.17. The van der Waals surface area contributed by atoms with Crippen molar-refractivity contribution in [1.29, 1.82) is 0 Å². The van der Waals surface area contributed by atoms with Gasteiger partial charge < -0.3 is 9.80 Å². The third-order valence-electron chi connectivity index (χ3n) is 5.62. The van der Waals surface area contributed by atoms with E-state index in [-0.39, 0.29) is 29.6 Å². The number of nitrogens with zero attached hydrogens (tertiary/aromatic N) is 3. The zero-order valence-corrected chi connectivity index (χ0v) is 16.5. The molecule has 2 saturated heterocycles. The molecule has 2 atom stereocenters. The number of carbonyl (C=O) groups is 1. The number of benzene rings is 2. The third kappa shape index (κ3) is 3.53. The Balaban J connectivity index is 1.59. The van der Waals surface area contributed by atoms with Gasteiger partial charge in [-0.15, -0.1) is 0 Å². The lowest BCUT2D eigenvalue weighted by molar-refractivity contribution is 0.0521. The van der Waals surface area contributed by atoms with Crippen LogP contribution < -0.4 is 0 Å². The molecule has 2 aliphatic rings. The molecular formula is C20H25N3O3S. The van der Waals surface area contributed by atoms with E-state index in [9.17, 15) is 13.2 Å². The van der Waals surface area contributed by atoms with Crippen molar-refractivity contribution in [2.75, 3.05) is 38.7 Å². The molecule has 2 aliphatic heterocycles. The molecule has 0 saturated carbocycles. The second kappa shape index (κ2) is 6.80. The van der Waals surface area contributed by atoms with Crippen LogP contribution in [0.4, 0.5) is 4.79 Å². The number of rotatable bonds is 2. The van der Waals surface area contributed by atoms with Gasteiger partial charge in [0.25, 0.3) is 0 Å². The Kier molecular flexibility index (Phi) is 4.60. The lowest BCUT2D eigenvalue weighted by Gasteiger charge is -2.44. The van der Waals surface area contributed by atoms with Crippen LogP contribution in [-0.4, -0.2) is 79.9 Å². The quantitative estimate of drug-likeness (QED) is 0.789. The Morgan fingerprint density at radius 2 is 1.74 bits per heavy atom. The molecule has 2 amide bonds. The molecule has 0 aromatic heterocycles. The van der Waals surface area contributed by atoms with Gasteiger partial charge in [0.15, 0.2) is 9.84 Å². The molecule has 4 rings (SSSR count). The summed E-state index contributed by atoms with van der Waals surface area (Å²) in [4.78, 5) is 18.0. The Morgan fingerprint density at radius 3 is 2.48 bits per heavy atom. The molecule has 0 N–H and O–H groups in total. The maximum atomic E-state index is 12.5. The number of piperazine rings is 1. The molecule has 2 aromatic rings. The normalized spacial score (nSPS) is 24.7. The maximum absolute atomic E-state index is 12.5. The molecule has 7 heteroatoms. The fraction of sp³-hybridized carbons (Fsp3) is 0.450. The molecule has 0 bridgehead atoms. The summed E-state index contributed by atoms with van der Waals surface area (Å²) in [5.74, 6) is 0.188. The largest absolute Gasteiger partial charge is 0.331 e. The summed E-state index contributed by atoms with van der Waals surface area (Å²) < 4.78 is 24.7. The van der Waals surface area contributed by atoms with Crippen molar-refractivity contribution >= 4 is 26.6 Å². The van der Waals surface area contributed by atoms with Crippen molar-refractivity contribution in [1.82, 2.24) is 14.7 Å². The first kappa shape index (κ1) is 18.3. The number of amides is 2. The van der Waals surface area contributed by atoms with E-state index in [1.165, 1.54) is 21.2 Å². The fourth-order valence-electron chi connectivity index (χ4n) is 4.29. The first-order valence-corrected chi connectivity index (χ1v) is 11.1. The predicted molar refractivity (Wildman–Crippen MR) is 106 cm³/mol. The Labute approximate surface area is 160 Å². The molecule has 27 heavy (non-hydrogen) atoms. The molecule has 6 nitrogen and oxygen atoms in total. The standard InChI is InChI=1S/C20H25N3O3S/c1-21(2)20(24)23-10-9-22(18-13-27(25,26)14-19(18)23)12-15-7-8-16-5-3-4-6-17(16)11-15/h3-8,11,18-19H,9-10,12-14H2,1-2H3/t18-,19+/m0/s1. The number of hydrogen-bond donors (Lipinski definition) is 0. The molecule has 0 unspecified atom stereocenters. The van der Waals surface area contributed by atoms with Crippen LogP contribution in [0.5, 0.6) is 0 Å². The van der Waals surface area contributed by atoms with Crippen LogP contribution in [0.2, 0.25) is 0 Å². The van der Waals surface area contributed by atoms with E-state index in [2.05, 4.69) is 35.2 Å². The van der Waals surface area contributed by atoms with Crippen LogP contribution in [0.3, 0.4) is 0 Å². The van der Waals surface area contributed by atoms with Crippen LogP contribution in [0, 0.1) is 0 Å². The number of hydrogen-bond acceptors (Lipinski definition) is 4. The minimum absolute atomic E-state index is 0.0610. The summed E-state index contributed by atoms with van der Waals surface area (Å²) in [7, 11) is 0.286. The minimum Gasteiger partial charge on any atom is -0.331 e. The molecule has 2 aromatic carbocycles. The van der Waals surface area contributed by atoms with Crippen molar-refractivity contribution in [2.45, 2.75) is 18.6 Å². The van der Waals surface area contributed by atoms with Gasteiger partial charge in [-0.25, -0.2) is 13.2 Å². The van der Waals surface area contributed by atoms with E-state index >= 15 is 0 Å². The van der Waals surface area contributed by atoms with Gasteiger partial charge in [0.2, 0.25) is 0 Å². The smallest absolute Gasteiger partial charge is 0.319 e. The zero-order valence-electron chi connectivity index (χ0n) is 15.7. The van der Waals surface area contributed by atoms with Crippen molar-refractivity contribution in [3.63, 3.8) is 0 Å². The number of urea groups is 1. The molecule has 0 aliphatic carbocycles. The predicted octanol–water partition coefficient (Wildman–Crippen LogP) is 1.80.